The maximum absolute atomic E-state index is 10.2. The van der Waals surface area contributed by atoms with Crippen molar-refractivity contribution in [3.05, 3.63) is 0 Å². The zero-order chi connectivity index (χ0) is 4.41. The molecule has 0 atom stereocenters. The van der Waals surface area contributed by atoms with Crippen molar-refractivity contribution in [2.24, 2.45) is 0 Å². The Hall–Kier alpha value is -0.400. The normalized spacial score (nSPS) is 19.1. The molecule has 2 heteroatoms. The van der Waals surface area contributed by atoms with E-state index in [2.05, 4.69) is 0 Å². The largest absolute Gasteiger partial charge is 0.300 e. The lowest BCUT2D eigenvalue weighted by molar-refractivity contribution is -0.117. The topological polar surface area (TPSA) is 17.1 Å². The minimum absolute atomic E-state index is 0. The van der Waals surface area contributed by atoms with Crippen LogP contribution >= 0.6 is 0 Å². The lowest BCUT2D eigenvalue weighted by Crippen LogP contribution is -1.81. The minimum atomic E-state index is 0. The first-order chi connectivity index (χ1) is 2.89. The van der Waals surface area contributed by atoms with Crippen LogP contribution in [0, 0.1) is 0 Å². The van der Waals surface area contributed by atoms with E-state index in [4.69, 9.17) is 0 Å². The third kappa shape index (κ3) is 1.67. The molecule has 1 rings (SSSR count). The van der Waals surface area contributed by atoms with Gasteiger partial charge in [0.15, 0.2) is 0 Å². The van der Waals surface area contributed by atoms with E-state index in [0.29, 0.717) is 5.78 Å². The number of carbonyl (C=O) groups is 1. The van der Waals surface area contributed by atoms with Crippen LogP contribution in [0.25, 0.3) is 0 Å². The van der Waals surface area contributed by atoms with Crippen molar-refractivity contribution >= 4 is 5.78 Å². The molecule has 0 aromatic rings. The fraction of sp³-hybridized carbons (Fsp3) is 0.800. The molecule has 1 aliphatic rings. The molecule has 1 saturated carbocycles. The van der Waals surface area contributed by atoms with Crippen molar-refractivity contribution in [2.45, 2.75) is 25.7 Å². The number of rotatable bonds is 0. The average molecular weight is 104 g/mol. The average Bonchev–Trinajstić information content (AvgIpc) is 1.86. The van der Waals surface area contributed by atoms with E-state index < -0.39 is 0 Å². The van der Waals surface area contributed by atoms with Crippen LogP contribution in [0.2, 0.25) is 0 Å². The van der Waals surface area contributed by atoms with Gasteiger partial charge in [-0.3, -0.25) is 9.50 Å². The molecule has 0 spiro atoms. The van der Waals surface area contributed by atoms with Crippen LogP contribution in [-0.4, -0.2) is 5.78 Å². The zero-order valence-electron chi connectivity index (χ0n) is 4.14. The van der Waals surface area contributed by atoms with Crippen LogP contribution in [0.3, 0.4) is 0 Å². The summed E-state index contributed by atoms with van der Waals surface area (Å²) >= 11 is 0. The first-order valence-electron chi connectivity index (χ1n) is 2.41. The van der Waals surface area contributed by atoms with Gasteiger partial charge in [0.2, 0.25) is 0 Å². The lowest BCUT2D eigenvalue weighted by Gasteiger charge is -1.71. The highest BCUT2D eigenvalue weighted by Crippen LogP contribution is 2.11. The first-order valence-corrected chi connectivity index (χ1v) is 2.41. The van der Waals surface area contributed by atoms with E-state index in [1.807, 2.05) is 0 Å². The van der Waals surface area contributed by atoms with Crippen LogP contribution in [-0.2, 0) is 4.79 Å². The number of hydrogen-bond acceptors (Lipinski definition) is 1. The third-order valence-electron chi connectivity index (χ3n) is 1.16. The Morgan fingerprint density at radius 2 is 1.57 bits per heavy atom. The summed E-state index contributed by atoms with van der Waals surface area (Å²) in [6, 6.07) is 0. The standard InChI is InChI=1S/C5H8O.FH/c6-5-3-1-2-4-5;/h1-4H2;1H. The molecule has 0 unspecified atom stereocenters. The maximum atomic E-state index is 10.2. The summed E-state index contributed by atoms with van der Waals surface area (Å²) in [5, 5.41) is 0. The molecule has 1 aliphatic carbocycles. The number of Topliss-reactive ketones (excluding diaryl/α,β-unsaturated/α-hetero) is 1. The Morgan fingerprint density at radius 3 is 1.71 bits per heavy atom. The summed E-state index contributed by atoms with van der Waals surface area (Å²) in [5.74, 6) is 0.454. The van der Waals surface area contributed by atoms with E-state index in [1.165, 1.54) is 0 Å². The molecule has 0 amide bonds. The van der Waals surface area contributed by atoms with Gasteiger partial charge in [0.25, 0.3) is 0 Å². The summed E-state index contributed by atoms with van der Waals surface area (Å²) in [4.78, 5) is 10.2. The van der Waals surface area contributed by atoms with Crippen LogP contribution in [0.5, 0.6) is 0 Å². The fourth-order valence-corrected chi connectivity index (χ4v) is 0.769. The molecule has 0 aromatic heterocycles. The van der Waals surface area contributed by atoms with E-state index >= 15 is 0 Å². The van der Waals surface area contributed by atoms with Gasteiger partial charge in [-0.2, -0.15) is 0 Å². The number of halogens is 1. The summed E-state index contributed by atoms with van der Waals surface area (Å²) in [5.41, 5.74) is 0. The summed E-state index contributed by atoms with van der Waals surface area (Å²) in [7, 11) is 0. The van der Waals surface area contributed by atoms with Crippen molar-refractivity contribution in [3.63, 3.8) is 0 Å². The number of hydrogen-bond donors (Lipinski definition) is 0. The van der Waals surface area contributed by atoms with Crippen LogP contribution < -0.4 is 0 Å². The van der Waals surface area contributed by atoms with Gasteiger partial charge in [0.05, 0.1) is 0 Å². The first kappa shape index (κ1) is 6.60. The third-order valence-corrected chi connectivity index (χ3v) is 1.16. The zero-order valence-corrected chi connectivity index (χ0v) is 4.14. The molecule has 0 N–H and O–H groups in total. The molecular weight excluding hydrogens is 95.1 g/mol. The summed E-state index contributed by atoms with van der Waals surface area (Å²) in [6.07, 6.45) is 3.97. The minimum Gasteiger partial charge on any atom is -0.300 e. The van der Waals surface area contributed by atoms with E-state index in [9.17, 15) is 4.79 Å². The Bertz CT molecular complexity index is 62.5. The highest BCUT2D eigenvalue weighted by atomic mass is 19.0. The summed E-state index contributed by atoms with van der Waals surface area (Å²) in [6.45, 7) is 0. The fourth-order valence-electron chi connectivity index (χ4n) is 0.769. The molecule has 0 heterocycles. The molecule has 0 bridgehead atoms. The van der Waals surface area contributed by atoms with Gasteiger partial charge in [0, 0.05) is 12.8 Å². The highest BCUT2D eigenvalue weighted by Gasteiger charge is 2.07. The van der Waals surface area contributed by atoms with E-state index in [0.717, 1.165) is 25.7 Å². The Morgan fingerprint density at radius 1 is 1.14 bits per heavy atom. The molecule has 7 heavy (non-hydrogen) atoms. The second-order valence-corrected chi connectivity index (χ2v) is 1.75. The lowest BCUT2D eigenvalue weighted by atomic mass is 10.4. The van der Waals surface area contributed by atoms with E-state index in [1.54, 1.807) is 0 Å². The van der Waals surface area contributed by atoms with Crippen LogP contribution in [0.1, 0.15) is 25.7 Å². The van der Waals surface area contributed by atoms with Crippen molar-refractivity contribution in [1.82, 2.24) is 0 Å². The highest BCUT2D eigenvalue weighted by molar-refractivity contribution is 5.79. The predicted molar refractivity (Wildman–Crippen MR) is 26.0 cm³/mol. The van der Waals surface area contributed by atoms with Gasteiger partial charge in [-0.15, -0.1) is 0 Å². The SMILES string of the molecule is F.O=C1CCCC1. The molecule has 0 aromatic carbocycles. The second-order valence-electron chi connectivity index (χ2n) is 1.75. The molecule has 0 aliphatic heterocycles. The van der Waals surface area contributed by atoms with E-state index in [-0.39, 0.29) is 4.70 Å². The van der Waals surface area contributed by atoms with Crippen molar-refractivity contribution in [1.29, 1.82) is 0 Å². The molecule has 1 fully saturated rings. The molecule has 42 valence electrons. The number of carbonyl (C=O) groups excluding carboxylic acids is 1. The van der Waals surface area contributed by atoms with Crippen LogP contribution in [0.15, 0.2) is 0 Å². The second kappa shape index (κ2) is 2.72. The Kier molecular flexibility index (Phi) is 2.56. The van der Waals surface area contributed by atoms with Gasteiger partial charge >= 0.3 is 0 Å². The Labute approximate surface area is 42.1 Å². The Balaban J connectivity index is 0.000000360. The van der Waals surface area contributed by atoms with Gasteiger partial charge in [-0.25, -0.2) is 0 Å². The van der Waals surface area contributed by atoms with Crippen LogP contribution in [0.4, 0.5) is 4.70 Å². The van der Waals surface area contributed by atoms with Gasteiger partial charge in [-0.05, 0) is 12.8 Å². The smallest absolute Gasteiger partial charge is 0.132 e. The molecule has 0 radical (unpaired) electrons. The predicted octanol–water partition coefficient (Wildman–Crippen LogP) is 1.28. The molecule has 1 nitrogen and oxygen atoms in total. The quantitative estimate of drug-likeness (QED) is 0.452. The van der Waals surface area contributed by atoms with Gasteiger partial charge in [0.1, 0.15) is 5.78 Å². The van der Waals surface area contributed by atoms with Crippen molar-refractivity contribution in [3.8, 4) is 0 Å². The number of ketones is 1. The molecule has 0 saturated heterocycles. The van der Waals surface area contributed by atoms with Crippen molar-refractivity contribution in [2.75, 3.05) is 0 Å². The maximum Gasteiger partial charge on any atom is 0.132 e. The van der Waals surface area contributed by atoms with Crippen molar-refractivity contribution < 1.29 is 9.50 Å². The summed E-state index contributed by atoms with van der Waals surface area (Å²) < 4.78 is 0. The monoisotopic (exact) mass is 104 g/mol. The molecular formula is C5H9FO. The van der Waals surface area contributed by atoms with Gasteiger partial charge < -0.3 is 0 Å². The van der Waals surface area contributed by atoms with Gasteiger partial charge in [-0.1, -0.05) is 0 Å².